The lowest BCUT2D eigenvalue weighted by Crippen LogP contribution is -2.47. The van der Waals surface area contributed by atoms with Gasteiger partial charge in [0.25, 0.3) is 0 Å². The Morgan fingerprint density at radius 2 is 1.69 bits per heavy atom. The second kappa shape index (κ2) is 6.30. The molecular weight excluding hydrogens is 214 g/mol. The smallest absolute Gasteiger partial charge is 0.0100 e. The van der Waals surface area contributed by atoms with Crippen LogP contribution in [-0.4, -0.2) is 23.6 Å². The number of hydrogen-bond donors (Lipinski definition) is 1. The average molecular weight is 241 g/mol. The molecule has 94 valence electrons. The van der Waals surface area contributed by atoms with Crippen molar-refractivity contribution in [2.45, 2.75) is 64.5 Å². The molecule has 16 heavy (non-hydrogen) atoms. The van der Waals surface area contributed by atoms with Crippen LogP contribution in [0, 0.1) is 11.8 Å². The lowest BCUT2D eigenvalue weighted by atomic mass is 9.77. The summed E-state index contributed by atoms with van der Waals surface area (Å²) in [6, 6.07) is 1.65. The Hall–Kier alpha value is 0.310. The predicted molar refractivity (Wildman–Crippen MR) is 74.1 cm³/mol. The van der Waals surface area contributed by atoms with E-state index < -0.39 is 0 Å². The van der Waals surface area contributed by atoms with Crippen molar-refractivity contribution in [3.63, 3.8) is 0 Å². The van der Waals surface area contributed by atoms with Gasteiger partial charge in [-0.15, -0.1) is 0 Å². The molecule has 1 aliphatic heterocycles. The summed E-state index contributed by atoms with van der Waals surface area (Å²) in [4.78, 5) is 0. The third-order valence-corrected chi connectivity index (χ3v) is 5.40. The van der Waals surface area contributed by atoms with Crippen molar-refractivity contribution in [1.29, 1.82) is 0 Å². The van der Waals surface area contributed by atoms with E-state index in [4.69, 9.17) is 0 Å². The predicted octanol–water partition coefficient (Wildman–Crippen LogP) is 3.69. The first-order valence-electron chi connectivity index (χ1n) is 7.11. The molecule has 2 aliphatic rings. The lowest BCUT2D eigenvalue weighted by molar-refractivity contribution is 0.189. The van der Waals surface area contributed by atoms with E-state index in [0.29, 0.717) is 0 Å². The Morgan fingerprint density at radius 1 is 1.00 bits per heavy atom. The molecule has 2 rings (SSSR count). The summed E-state index contributed by atoms with van der Waals surface area (Å²) in [6.07, 6.45) is 8.57. The first-order valence-corrected chi connectivity index (χ1v) is 8.26. The second-order valence-electron chi connectivity index (χ2n) is 5.85. The van der Waals surface area contributed by atoms with Gasteiger partial charge in [0, 0.05) is 12.1 Å². The van der Waals surface area contributed by atoms with Crippen molar-refractivity contribution in [1.82, 2.24) is 5.32 Å². The van der Waals surface area contributed by atoms with Crippen molar-refractivity contribution in [2.24, 2.45) is 11.8 Å². The van der Waals surface area contributed by atoms with Gasteiger partial charge in [-0.1, -0.05) is 26.7 Å². The van der Waals surface area contributed by atoms with Crippen LogP contribution >= 0.6 is 11.8 Å². The highest BCUT2D eigenvalue weighted by atomic mass is 32.2. The van der Waals surface area contributed by atoms with Gasteiger partial charge in [-0.2, -0.15) is 11.8 Å². The molecule has 0 radical (unpaired) electrons. The minimum Gasteiger partial charge on any atom is -0.311 e. The summed E-state index contributed by atoms with van der Waals surface area (Å²) in [5.74, 6) is 4.53. The van der Waals surface area contributed by atoms with Crippen molar-refractivity contribution in [3.05, 3.63) is 0 Å². The highest BCUT2D eigenvalue weighted by molar-refractivity contribution is 7.99. The molecule has 2 fully saturated rings. The molecule has 2 unspecified atom stereocenters. The Labute approximate surface area is 105 Å². The molecule has 2 atom stereocenters. The maximum Gasteiger partial charge on any atom is 0.0100 e. The van der Waals surface area contributed by atoms with Gasteiger partial charge in [0.2, 0.25) is 0 Å². The summed E-state index contributed by atoms with van der Waals surface area (Å²) in [5.41, 5.74) is 0. The number of nitrogens with one attached hydrogen (secondary N) is 1. The first kappa shape index (κ1) is 12.8. The quantitative estimate of drug-likeness (QED) is 0.809. The average Bonchev–Trinajstić information content (AvgIpc) is 2.31. The molecule has 0 aromatic heterocycles. The minimum atomic E-state index is 0.821. The van der Waals surface area contributed by atoms with Gasteiger partial charge in [-0.3, -0.25) is 0 Å². The normalized spacial score (nSPS) is 33.2. The molecule has 0 bridgehead atoms. The highest BCUT2D eigenvalue weighted by Crippen LogP contribution is 2.31. The molecular formula is C14H27NS. The number of rotatable bonds is 3. The SMILES string of the molecule is CC(C)C1CCCCC1NC1CCSCC1. The van der Waals surface area contributed by atoms with Crippen LogP contribution in [0.4, 0.5) is 0 Å². The molecule has 1 aliphatic carbocycles. The summed E-state index contributed by atoms with van der Waals surface area (Å²) in [7, 11) is 0. The Kier molecular flexibility index (Phi) is 5.02. The van der Waals surface area contributed by atoms with Gasteiger partial charge < -0.3 is 5.32 Å². The van der Waals surface area contributed by atoms with Crippen molar-refractivity contribution in [3.8, 4) is 0 Å². The van der Waals surface area contributed by atoms with E-state index in [0.717, 1.165) is 23.9 Å². The van der Waals surface area contributed by atoms with Gasteiger partial charge in [-0.05, 0) is 49.0 Å². The Balaban J connectivity index is 1.85. The van der Waals surface area contributed by atoms with E-state index in [2.05, 4.69) is 30.9 Å². The number of hydrogen-bond acceptors (Lipinski definition) is 2. The van der Waals surface area contributed by atoms with Crippen LogP contribution in [0.3, 0.4) is 0 Å². The van der Waals surface area contributed by atoms with Gasteiger partial charge >= 0.3 is 0 Å². The van der Waals surface area contributed by atoms with E-state index in [1.54, 1.807) is 0 Å². The van der Waals surface area contributed by atoms with E-state index in [-0.39, 0.29) is 0 Å². The third kappa shape index (κ3) is 3.40. The zero-order valence-corrected chi connectivity index (χ0v) is 11.7. The molecule has 1 N–H and O–H groups in total. The Bertz CT molecular complexity index is 199. The summed E-state index contributed by atoms with van der Waals surface area (Å²) in [5, 5.41) is 3.98. The molecule has 2 heteroatoms. The van der Waals surface area contributed by atoms with Crippen LogP contribution in [0.15, 0.2) is 0 Å². The van der Waals surface area contributed by atoms with E-state index in [1.165, 1.54) is 50.0 Å². The molecule has 1 nitrogen and oxygen atoms in total. The summed E-state index contributed by atoms with van der Waals surface area (Å²) >= 11 is 2.13. The zero-order valence-electron chi connectivity index (χ0n) is 10.9. The number of thioether (sulfide) groups is 1. The third-order valence-electron chi connectivity index (χ3n) is 4.35. The van der Waals surface area contributed by atoms with Crippen LogP contribution in [0.5, 0.6) is 0 Å². The summed E-state index contributed by atoms with van der Waals surface area (Å²) < 4.78 is 0. The monoisotopic (exact) mass is 241 g/mol. The van der Waals surface area contributed by atoms with Gasteiger partial charge in [-0.25, -0.2) is 0 Å². The lowest BCUT2D eigenvalue weighted by Gasteiger charge is -2.38. The fourth-order valence-electron chi connectivity index (χ4n) is 3.33. The maximum absolute atomic E-state index is 3.98. The Morgan fingerprint density at radius 3 is 2.38 bits per heavy atom. The topological polar surface area (TPSA) is 12.0 Å². The van der Waals surface area contributed by atoms with E-state index in [9.17, 15) is 0 Å². The second-order valence-corrected chi connectivity index (χ2v) is 7.08. The zero-order chi connectivity index (χ0) is 11.4. The van der Waals surface area contributed by atoms with E-state index >= 15 is 0 Å². The highest BCUT2D eigenvalue weighted by Gasteiger charge is 2.29. The molecule has 1 saturated carbocycles. The molecule has 1 heterocycles. The fraction of sp³-hybridized carbons (Fsp3) is 1.00. The molecule has 0 aromatic rings. The van der Waals surface area contributed by atoms with Crippen LogP contribution in [0.1, 0.15) is 52.4 Å². The van der Waals surface area contributed by atoms with Crippen molar-refractivity contribution in [2.75, 3.05) is 11.5 Å². The van der Waals surface area contributed by atoms with Crippen LogP contribution in [0.25, 0.3) is 0 Å². The van der Waals surface area contributed by atoms with Crippen molar-refractivity contribution >= 4 is 11.8 Å². The largest absolute Gasteiger partial charge is 0.311 e. The standard InChI is InChI=1S/C14H27NS/c1-11(2)13-5-3-4-6-14(13)15-12-7-9-16-10-8-12/h11-15H,3-10H2,1-2H3. The first-order chi connectivity index (χ1) is 7.77. The molecule has 0 spiro atoms. The molecule has 0 amide bonds. The van der Waals surface area contributed by atoms with Gasteiger partial charge in [0.15, 0.2) is 0 Å². The fourth-order valence-corrected chi connectivity index (χ4v) is 4.44. The van der Waals surface area contributed by atoms with E-state index in [1.807, 2.05) is 0 Å². The van der Waals surface area contributed by atoms with Crippen molar-refractivity contribution < 1.29 is 0 Å². The maximum atomic E-state index is 3.98. The van der Waals surface area contributed by atoms with Crippen LogP contribution < -0.4 is 5.32 Å². The molecule has 1 saturated heterocycles. The minimum absolute atomic E-state index is 0.821. The van der Waals surface area contributed by atoms with Gasteiger partial charge in [0.1, 0.15) is 0 Å². The van der Waals surface area contributed by atoms with Crippen LogP contribution in [-0.2, 0) is 0 Å². The van der Waals surface area contributed by atoms with Crippen LogP contribution in [0.2, 0.25) is 0 Å². The van der Waals surface area contributed by atoms with Gasteiger partial charge in [0.05, 0.1) is 0 Å². The summed E-state index contributed by atoms with van der Waals surface area (Å²) in [6.45, 7) is 4.81. The molecule has 0 aromatic carbocycles.